The normalized spacial score (nSPS) is 17.4. The minimum absolute atomic E-state index is 0.0270. The van der Waals surface area contributed by atoms with Crippen LogP contribution < -0.4 is 9.47 Å². The van der Waals surface area contributed by atoms with Crippen LogP contribution in [0.5, 0.6) is 11.5 Å². The summed E-state index contributed by atoms with van der Waals surface area (Å²) in [5.41, 5.74) is -0.732. The third-order valence-corrected chi connectivity index (χ3v) is 6.92. The van der Waals surface area contributed by atoms with E-state index in [2.05, 4.69) is 4.74 Å². The molecule has 2 aliphatic rings. The van der Waals surface area contributed by atoms with Crippen LogP contribution in [0.25, 0.3) is 6.08 Å². The molecule has 13 heteroatoms. The molecule has 38 heavy (non-hydrogen) atoms. The molecule has 1 fully saturated rings. The van der Waals surface area contributed by atoms with Crippen LogP contribution in [-0.4, -0.2) is 78.9 Å². The summed E-state index contributed by atoms with van der Waals surface area (Å²) in [5.74, 6) is -0.907. The van der Waals surface area contributed by atoms with E-state index < -0.39 is 35.8 Å². The summed E-state index contributed by atoms with van der Waals surface area (Å²) in [7, 11) is 1.12. The molecule has 9 nitrogen and oxygen atoms in total. The summed E-state index contributed by atoms with van der Waals surface area (Å²) in [4.78, 5) is 38.8. The third kappa shape index (κ3) is 6.15. The van der Waals surface area contributed by atoms with Gasteiger partial charge in [0.25, 0.3) is 0 Å². The average molecular weight is 553 g/mol. The molecule has 1 atom stereocenters. The summed E-state index contributed by atoms with van der Waals surface area (Å²) in [6.07, 6.45) is -3.16. The maximum atomic E-state index is 13.9. The summed E-state index contributed by atoms with van der Waals surface area (Å²) >= 11 is 0.924. The van der Waals surface area contributed by atoms with Crippen LogP contribution in [0.3, 0.4) is 0 Å². The van der Waals surface area contributed by atoms with Crippen molar-refractivity contribution >= 4 is 35.8 Å². The first-order valence-electron chi connectivity index (χ1n) is 11.4. The highest BCUT2D eigenvalue weighted by Gasteiger charge is 2.37. The third-order valence-electron chi connectivity index (χ3n) is 5.86. The van der Waals surface area contributed by atoms with Gasteiger partial charge >= 0.3 is 18.2 Å². The van der Waals surface area contributed by atoms with Gasteiger partial charge in [0.1, 0.15) is 13.2 Å². The van der Waals surface area contributed by atoms with E-state index in [0.29, 0.717) is 29.6 Å². The number of carbonyl (C=O) groups excluding carboxylic acids is 2. The van der Waals surface area contributed by atoms with Crippen molar-refractivity contribution in [1.29, 1.82) is 0 Å². The fourth-order valence-corrected chi connectivity index (χ4v) is 4.96. The van der Waals surface area contributed by atoms with Crippen LogP contribution in [0.2, 0.25) is 0 Å². The highest BCUT2D eigenvalue weighted by molar-refractivity contribution is 7.99. The van der Waals surface area contributed by atoms with Gasteiger partial charge in [0.15, 0.2) is 17.5 Å². The maximum absolute atomic E-state index is 13.9. The highest BCUT2D eigenvalue weighted by Crippen LogP contribution is 2.42. The molecule has 0 aromatic heterocycles. The number of carbonyl (C=O) groups is 3. The molecule has 2 heterocycles. The second kappa shape index (κ2) is 11.3. The largest absolute Gasteiger partial charge is 0.486 e. The number of ether oxygens (including phenoxy) is 3. The SMILES string of the molecule is COC(=O)N1CCN(C(=O)/C=C/c2ccc(Sc3ccc4c(c3)OCCO4)c(C(F)(F)F)c2)CC1C(=O)O. The number of carboxylic acids is 1. The molecule has 2 aromatic carbocycles. The fourth-order valence-electron chi connectivity index (χ4n) is 3.98. The molecule has 4 rings (SSSR count). The Balaban J connectivity index is 1.50. The number of rotatable bonds is 5. The van der Waals surface area contributed by atoms with Crippen molar-refractivity contribution in [2.45, 2.75) is 22.0 Å². The second-order valence-corrected chi connectivity index (χ2v) is 9.41. The zero-order valence-electron chi connectivity index (χ0n) is 20.1. The van der Waals surface area contributed by atoms with E-state index in [1.165, 1.54) is 23.1 Å². The van der Waals surface area contributed by atoms with Gasteiger partial charge in [-0.1, -0.05) is 17.8 Å². The van der Waals surface area contributed by atoms with E-state index in [4.69, 9.17) is 9.47 Å². The van der Waals surface area contributed by atoms with Gasteiger partial charge in [-0.25, -0.2) is 9.59 Å². The minimum Gasteiger partial charge on any atom is -0.486 e. The summed E-state index contributed by atoms with van der Waals surface area (Å²) in [6, 6.07) is 7.33. The van der Waals surface area contributed by atoms with Gasteiger partial charge in [0, 0.05) is 29.0 Å². The van der Waals surface area contributed by atoms with Crippen LogP contribution in [0.1, 0.15) is 11.1 Å². The number of amides is 2. The first kappa shape index (κ1) is 27.2. The lowest BCUT2D eigenvalue weighted by atomic mass is 10.1. The summed E-state index contributed by atoms with van der Waals surface area (Å²) in [5, 5.41) is 9.43. The molecule has 202 valence electrons. The van der Waals surface area contributed by atoms with Crippen LogP contribution in [0, 0.1) is 0 Å². The Kier molecular flexibility index (Phi) is 8.05. The van der Waals surface area contributed by atoms with Crippen LogP contribution in [0.15, 0.2) is 52.3 Å². The number of piperazine rings is 1. The summed E-state index contributed by atoms with van der Waals surface area (Å²) < 4.78 is 57.2. The van der Waals surface area contributed by atoms with Crippen molar-refractivity contribution in [2.75, 3.05) is 40.0 Å². The topological polar surface area (TPSA) is 106 Å². The van der Waals surface area contributed by atoms with E-state index >= 15 is 0 Å². The van der Waals surface area contributed by atoms with E-state index in [9.17, 15) is 32.7 Å². The number of aliphatic carboxylic acids is 1. The minimum atomic E-state index is -4.65. The first-order chi connectivity index (χ1) is 18.1. The Morgan fingerprint density at radius 1 is 1.08 bits per heavy atom. The van der Waals surface area contributed by atoms with Gasteiger partial charge in [-0.05, 0) is 42.0 Å². The van der Waals surface area contributed by atoms with Crippen LogP contribution >= 0.6 is 11.8 Å². The molecule has 1 saturated heterocycles. The van der Waals surface area contributed by atoms with Gasteiger partial charge in [-0.3, -0.25) is 9.69 Å². The van der Waals surface area contributed by atoms with Crippen molar-refractivity contribution in [2.24, 2.45) is 0 Å². The number of halogens is 3. The van der Waals surface area contributed by atoms with E-state index in [-0.39, 0.29) is 30.1 Å². The molecule has 1 unspecified atom stereocenters. The molecular formula is C25H23F3N2O7S. The molecule has 0 aliphatic carbocycles. The van der Waals surface area contributed by atoms with E-state index in [1.54, 1.807) is 18.2 Å². The van der Waals surface area contributed by atoms with Gasteiger partial charge in [0.05, 0.1) is 19.2 Å². The molecule has 0 saturated carbocycles. The Bertz CT molecular complexity index is 1270. The maximum Gasteiger partial charge on any atom is 0.417 e. The summed E-state index contributed by atoms with van der Waals surface area (Å²) in [6.45, 7) is 0.451. The molecule has 2 aromatic rings. The monoisotopic (exact) mass is 552 g/mol. The highest BCUT2D eigenvalue weighted by atomic mass is 32.2. The van der Waals surface area contributed by atoms with Crippen molar-refractivity contribution in [3.63, 3.8) is 0 Å². The quantitative estimate of drug-likeness (QED) is 0.555. The van der Waals surface area contributed by atoms with Crippen LogP contribution in [0.4, 0.5) is 18.0 Å². The van der Waals surface area contributed by atoms with Crippen LogP contribution in [-0.2, 0) is 20.5 Å². The number of benzene rings is 2. The smallest absolute Gasteiger partial charge is 0.417 e. The number of methoxy groups -OCH3 is 1. The Hall–Kier alpha value is -3.87. The van der Waals surface area contributed by atoms with Crippen molar-refractivity contribution in [1.82, 2.24) is 9.80 Å². The van der Waals surface area contributed by atoms with Crippen molar-refractivity contribution < 1.29 is 46.9 Å². The predicted molar refractivity (Wildman–Crippen MR) is 129 cm³/mol. The lowest BCUT2D eigenvalue weighted by molar-refractivity contribution is -0.146. The number of nitrogens with zero attached hydrogens (tertiary/aromatic N) is 2. The zero-order chi connectivity index (χ0) is 27.4. The second-order valence-electron chi connectivity index (χ2n) is 8.30. The van der Waals surface area contributed by atoms with Crippen molar-refractivity contribution in [3.8, 4) is 11.5 Å². The molecule has 0 bridgehead atoms. The first-order valence-corrected chi connectivity index (χ1v) is 12.2. The van der Waals surface area contributed by atoms with Crippen molar-refractivity contribution in [3.05, 3.63) is 53.6 Å². The molecule has 2 aliphatic heterocycles. The van der Waals surface area contributed by atoms with E-state index in [0.717, 1.165) is 35.9 Å². The van der Waals surface area contributed by atoms with Gasteiger partial charge in [0.2, 0.25) is 5.91 Å². The Morgan fingerprint density at radius 2 is 1.82 bits per heavy atom. The Morgan fingerprint density at radius 3 is 2.50 bits per heavy atom. The zero-order valence-corrected chi connectivity index (χ0v) is 20.9. The lowest BCUT2D eigenvalue weighted by Gasteiger charge is -2.37. The molecule has 0 radical (unpaired) electrons. The van der Waals surface area contributed by atoms with Gasteiger partial charge in [-0.15, -0.1) is 0 Å². The van der Waals surface area contributed by atoms with Gasteiger partial charge < -0.3 is 24.2 Å². The number of alkyl halides is 3. The Labute approximate surface area is 219 Å². The average Bonchev–Trinajstić information content (AvgIpc) is 2.90. The predicted octanol–water partition coefficient (Wildman–Crippen LogP) is 4.00. The molecule has 1 N–H and O–H groups in total. The van der Waals surface area contributed by atoms with Gasteiger partial charge in [-0.2, -0.15) is 13.2 Å². The number of hydrogen-bond donors (Lipinski definition) is 1. The standard InChI is InChI=1S/C25H23F3N2O7S/c1-35-24(34)30-9-8-29(14-18(30)23(32)33)22(31)7-3-15-2-6-21(17(12-15)25(26,27)28)38-16-4-5-19-20(13-16)37-11-10-36-19/h2-7,12-13,18H,8-11,14H2,1H3,(H,32,33)/b7-3+. The number of hydrogen-bond acceptors (Lipinski definition) is 7. The van der Waals surface area contributed by atoms with E-state index in [1.807, 2.05) is 0 Å². The number of carboxylic acid groups (broad SMARTS) is 1. The molecule has 2 amide bonds. The molecular weight excluding hydrogens is 529 g/mol. The number of fused-ring (bicyclic) bond motifs is 1. The lowest BCUT2D eigenvalue weighted by Crippen LogP contribution is -2.59. The fraction of sp³-hybridized carbons (Fsp3) is 0.320. The molecule has 0 spiro atoms.